The molecule has 5 heteroatoms. The predicted octanol–water partition coefficient (Wildman–Crippen LogP) is 2.41. The molecule has 0 radical (unpaired) electrons. The van der Waals surface area contributed by atoms with Gasteiger partial charge in [0, 0.05) is 56.4 Å². The fourth-order valence-electron chi connectivity index (χ4n) is 2.96. The number of rotatable bonds is 4. The number of nitrogens with one attached hydrogen (secondary N) is 2. The van der Waals surface area contributed by atoms with Crippen LogP contribution in [0.2, 0.25) is 0 Å². The Morgan fingerprint density at radius 2 is 2.00 bits per heavy atom. The van der Waals surface area contributed by atoms with Crippen LogP contribution in [-0.2, 0) is 6.54 Å². The molecule has 1 aromatic heterocycles. The van der Waals surface area contributed by atoms with Gasteiger partial charge in [-0.2, -0.15) is 0 Å². The molecular formula is C17H24N4O. The Bertz CT molecular complexity index is 628. The Labute approximate surface area is 131 Å². The van der Waals surface area contributed by atoms with Gasteiger partial charge in [0.25, 0.3) is 0 Å². The highest BCUT2D eigenvalue weighted by Gasteiger charge is 2.21. The lowest BCUT2D eigenvalue weighted by Crippen LogP contribution is -2.51. The quantitative estimate of drug-likeness (QED) is 0.911. The van der Waals surface area contributed by atoms with E-state index in [0.29, 0.717) is 0 Å². The zero-order chi connectivity index (χ0) is 15.4. The maximum Gasteiger partial charge on any atom is 0.317 e. The van der Waals surface area contributed by atoms with E-state index in [0.717, 1.165) is 45.7 Å². The van der Waals surface area contributed by atoms with Crippen molar-refractivity contribution in [2.75, 3.05) is 32.7 Å². The van der Waals surface area contributed by atoms with Gasteiger partial charge in [-0.15, -0.1) is 0 Å². The minimum absolute atomic E-state index is 0.0774. The van der Waals surface area contributed by atoms with Gasteiger partial charge < -0.3 is 15.2 Å². The first-order valence-electron chi connectivity index (χ1n) is 8.08. The standard InChI is InChI=1S/C17H24N4O/c1-2-7-18-17(22)21-10-8-20(9-11-21)13-14-12-19-16-6-4-3-5-15(14)16/h3-6,12,19H,2,7-11,13H2,1H3,(H,18,22). The number of piperazine rings is 1. The van der Waals surface area contributed by atoms with Gasteiger partial charge >= 0.3 is 6.03 Å². The molecule has 1 saturated heterocycles. The van der Waals surface area contributed by atoms with Gasteiger partial charge in [-0.05, 0) is 18.1 Å². The van der Waals surface area contributed by atoms with Gasteiger partial charge in [0.1, 0.15) is 0 Å². The van der Waals surface area contributed by atoms with Crippen molar-refractivity contribution in [2.24, 2.45) is 0 Å². The first-order valence-corrected chi connectivity index (χ1v) is 8.08. The summed E-state index contributed by atoms with van der Waals surface area (Å²) in [4.78, 5) is 19.6. The Balaban J connectivity index is 1.55. The summed E-state index contributed by atoms with van der Waals surface area (Å²) in [5.41, 5.74) is 2.52. The summed E-state index contributed by atoms with van der Waals surface area (Å²) in [6, 6.07) is 8.48. The minimum Gasteiger partial charge on any atom is -0.361 e. The van der Waals surface area contributed by atoms with Gasteiger partial charge in [-0.25, -0.2) is 4.79 Å². The lowest BCUT2D eigenvalue weighted by Gasteiger charge is -2.34. The molecule has 0 aliphatic carbocycles. The summed E-state index contributed by atoms with van der Waals surface area (Å²) < 4.78 is 0. The van der Waals surface area contributed by atoms with E-state index in [1.54, 1.807) is 0 Å². The third-order valence-corrected chi connectivity index (χ3v) is 4.25. The smallest absolute Gasteiger partial charge is 0.317 e. The number of aromatic amines is 1. The molecule has 22 heavy (non-hydrogen) atoms. The SMILES string of the molecule is CCCNC(=O)N1CCN(Cc2c[nH]c3ccccc23)CC1. The predicted molar refractivity (Wildman–Crippen MR) is 88.8 cm³/mol. The van der Waals surface area contributed by atoms with Crippen molar-refractivity contribution in [1.82, 2.24) is 20.1 Å². The fraction of sp³-hybridized carbons (Fsp3) is 0.471. The lowest BCUT2D eigenvalue weighted by atomic mass is 10.1. The van der Waals surface area contributed by atoms with Crippen LogP contribution in [-0.4, -0.2) is 53.5 Å². The van der Waals surface area contributed by atoms with E-state index in [-0.39, 0.29) is 6.03 Å². The van der Waals surface area contributed by atoms with Crippen LogP contribution in [0.3, 0.4) is 0 Å². The van der Waals surface area contributed by atoms with Crippen LogP contribution in [0.25, 0.3) is 10.9 Å². The second kappa shape index (κ2) is 6.83. The number of carbonyl (C=O) groups is 1. The molecule has 0 atom stereocenters. The monoisotopic (exact) mass is 300 g/mol. The molecule has 0 unspecified atom stereocenters. The largest absolute Gasteiger partial charge is 0.361 e. The molecule has 2 amide bonds. The molecule has 0 saturated carbocycles. The number of hydrogen-bond donors (Lipinski definition) is 2. The number of fused-ring (bicyclic) bond motifs is 1. The Morgan fingerprint density at radius 3 is 2.77 bits per heavy atom. The molecule has 0 spiro atoms. The number of amides is 2. The first kappa shape index (κ1) is 14.9. The van der Waals surface area contributed by atoms with Gasteiger partial charge in [-0.3, -0.25) is 4.90 Å². The second-order valence-corrected chi connectivity index (χ2v) is 5.85. The third kappa shape index (κ3) is 3.25. The summed E-state index contributed by atoms with van der Waals surface area (Å²) in [6.07, 6.45) is 3.08. The van der Waals surface area contributed by atoms with Crippen molar-refractivity contribution in [3.05, 3.63) is 36.0 Å². The summed E-state index contributed by atoms with van der Waals surface area (Å²) in [5, 5.41) is 4.25. The van der Waals surface area contributed by atoms with Crippen LogP contribution in [0, 0.1) is 0 Å². The van der Waals surface area contributed by atoms with Gasteiger partial charge in [-0.1, -0.05) is 25.1 Å². The highest BCUT2D eigenvalue weighted by molar-refractivity contribution is 5.83. The van der Waals surface area contributed by atoms with Gasteiger partial charge in [0.2, 0.25) is 0 Å². The van der Waals surface area contributed by atoms with Crippen molar-refractivity contribution in [3.63, 3.8) is 0 Å². The van der Waals surface area contributed by atoms with E-state index < -0.39 is 0 Å². The Hall–Kier alpha value is -2.01. The third-order valence-electron chi connectivity index (χ3n) is 4.25. The van der Waals surface area contributed by atoms with Crippen LogP contribution >= 0.6 is 0 Å². The van der Waals surface area contributed by atoms with E-state index >= 15 is 0 Å². The van der Waals surface area contributed by atoms with E-state index in [9.17, 15) is 4.79 Å². The number of nitrogens with zero attached hydrogens (tertiary/aromatic N) is 2. The Kier molecular flexibility index (Phi) is 4.63. The molecule has 2 heterocycles. The number of carbonyl (C=O) groups excluding carboxylic acids is 1. The number of para-hydroxylation sites is 1. The summed E-state index contributed by atoms with van der Waals surface area (Å²) in [7, 11) is 0. The molecule has 2 N–H and O–H groups in total. The van der Waals surface area contributed by atoms with Crippen molar-refractivity contribution in [1.29, 1.82) is 0 Å². The molecule has 1 fully saturated rings. The van der Waals surface area contributed by atoms with E-state index in [1.807, 2.05) is 4.90 Å². The maximum atomic E-state index is 11.9. The van der Waals surface area contributed by atoms with Crippen LogP contribution in [0.5, 0.6) is 0 Å². The average molecular weight is 300 g/mol. The summed E-state index contributed by atoms with van der Waals surface area (Å²) in [6.45, 7) is 7.23. The molecule has 0 bridgehead atoms. The number of hydrogen-bond acceptors (Lipinski definition) is 2. The zero-order valence-electron chi connectivity index (χ0n) is 13.1. The van der Waals surface area contributed by atoms with Crippen LogP contribution < -0.4 is 5.32 Å². The van der Waals surface area contributed by atoms with Gasteiger partial charge in [0.15, 0.2) is 0 Å². The van der Waals surface area contributed by atoms with Crippen molar-refractivity contribution in [3.8, 4) is 0 Å². The average Bonchev–Trinajstić information content (AvgIpc) is 2.96. The second-order valence-electron chi connectivity index (χ2n) is 5.85. The number of H-pyrrole nitrogens is 1. The molecule has 118 valence electrons. The van der Waals surface area contributed by atoms with Crippen LogP contribution in [0.15, 0.2) is 30.5 Å². The molecule has 1 aromatic carbocycles. The highest BCUT2D eigenvalue weighted by atomic mass is 16.2. The van der Waals surface area contributed by atoms with Crippen LogP contribution in [0.1, 0.15) is 18.9 Å². The van der Waals surface area contributed by atoms with Gasteiger partial charge in [0.05, 0.1) is 0 Å². The van der Waals surface area contributed by atoms with Crippen LogP contribution in [0.4, 0.5) is 4.79 Å². The first-order chi connectivity index (χ1) is 10.8. The zero-order valence-corrected chi connectivity index (χ0v) is 13.1. The lowest BCUT2D eigenvalue weighted by molar-refractivity contribution is 0.135. The van der Waals surface area contributed by atoms with Crippen molar-refractivity contribution >= 4 is 16.9 Å². The van der Waals surface area contributed by atoms with Crippen molar-refractivity contribution < 1.29 is 4.79 Å². The topological polar surface area (TPSA) is 51.4 Å². The normalized spacial score (nSPS) is 16.1. The van der Waals surface area contributed by atoms with E-state index in [4.69, 9.17) is 0 Å². The maximum absolute atomic E-state index is 11.9. The molecule has 5 nitrogen and oxygen atoms in total. The van der Waals surface area contributed by atoms with E-state index in [1.165, 1.54) is 16.5 Å². The Morgan fingerprint density at radius 1 is 1.23 bits per heavy atom. The number of benzene rings is 1. The summed E-state index contributed by atoms with van der Waals surface area (Å²) >= 11 is 0. The molecule has 1 aliphatic heterocycles. The molecule has 2 aromatic rings. The van der Waals surface area contributed by atoms with Crippen molar-refractivity contribution in [2.45, 2.75) is 19.9 Å². The molecule has 1 aliphatic rings. The fourth-order valence-corrected chi connectivity index (χ4v) is 2.96. The molecular weight excluding hydrogens is 276 g/mol. The van der Waals surface area contributed by atoms with E-state index in [2.05, 4.69) is 52.6 Å². The molecule has 3 rings (SSSR count). The summed E-state index contributed by atoms with van der Waals surface area (Å²) in [5.74, 6) is 0. The number of urea groups is 1. The number of aromatic nitrogens is 1. The minimum atomic E-state index is 0.0774. The highest BCUT2D eigenvalue weighted by Crippen LogP contribution is 2.19.